The normalized spacial score (nSPS) is 14.8. The summed E-state index contributed by atoms with van der Waals surface area (Å²) in [6.45, 7) is 5.21. The average molecular weight is 412 g/mol. The van der Waals surface area contributed by atoms with Gasteiger partial charge in [-0.25, -0.2) is 4.79 Å². The highest BCUT2D eigenvalue weighted by Crippen LogP contribution is 2.40. The number of carboxylic acid groups (broad SMARTS) is 1. The van der Waals surface area contributed by atoms with Crippen molar-refractivity contribution in [2.24, 2.45) is 5.92 Å². The van der Waals surface area contributed by atoms with E-state index < -0.39 is 11.4 Å². The van der Waals surface area contributed by atoms with E-state index in [1.54, 1.807) is 23.8 Å². The number of nitrogens with zero attached hydrogens (tertiary/aromatic N) is 2. The number of pyridine rings is 1. The van der Waals surface area contributed by atoms with E-state index in [0.717, 1.165) is 0 Å². The predicted molar refractivity (Wildman–Crippen MR) is 109 cm³/mol. The highest BCUT2D eigenvalue weighted by atomic mass is 16.5. The van der Waals surface area contributed by atoms with Crippen molar-refractivity contribution in [2.75, 3.05) is 26.9 Å². The Hall–Kier alpha value is -3.31. The molecular weight excluding hydrogens is 388 g/mol. The van der Waals surface area contributed by atoms with Gasteiger partial charge in [0.2, 0.25) is 0 Å². The zero-order valence-corrected chi connectivity index (χ0v) is 17.2. The van der Waals surface area contributed by atoms with Gasteiger partial charge in [0.15, 0.2) is 5.43 Å². The summed E-state index contributed by atoms with van der Waals surface area (Å²) in [5.74, 6) is -0.287. The minimum Gasteiger partial charge on any atom is -0.492 e. The maximum atomic E-state index is 12.4. The summed E-state index contributed by atoms with van der Waals surface area (Å²) < 4.78 is 18.5. The van der Waals surface area contributed by atoms with Crippen LogP contribution in [0.5, 0.6) is 11.5 Å². The molecule has 0 aliphatic carbocycles. The second-order valence-corrected chi connectivity index (χ2v) is 7.42. The molecular formula is C22H24N2O6. The molecule has 0 saturated heterocycles. The van der Waals surface area contributed by atoms with E-state index in [1.165, 1.54) is 12.3 Å². The smallest absolute Gasteiger partial charge is 0.341 e. The van der Waals surface area contributed by atoms with Crippen molar-refractivity contribution in [2.45, 2.75) is 26.3 Å². The lowest BCUT2D eigenvalue weighted by Gasteiger charge is -2.24. The molecule has 0 bridgehead atoms. The highest BCUT2D eigenvalue weighted by molar-refractivity contribution is 5.88. The number of methoxy groups -OCH3 is 1. The number of benzene rings is 1. The van der Waals surface area contributed by atoms with Crippen molar-refractivity contribution in [3.8, 4) is 28.8 Å². The van der Waals surface area contributed by atoms with Gasteiger partial charge in [0.25, 0.3) is 0 Å². The zero-order valence-electron chi connectivity index (χ0n) is 17.2. The van der Waals surface area contributed by atoms with Gasteiger partial charge in [-0.2, -0.15) is 5.26 Å². The quantitative estimate of drug-likeness (QED) is 0.696. The number of carboxylic acids is 1. The fourth-order valence-electron chi connectivity index (χ4n) is 3.44. The van der Waals surface area contributed by atoms with Crippen molar-refractivity contribution in [1.82, 2.24) is 4.57 Å². The number of fused-ring (bicyclic) bond motifs is 3. The molecule has 0 saturated carbocycles. The SMILES string of the molecule is COCCCOc1cc2c(cc1C#N)-c1cc(=O)c(C(=O)O)cn1[C@H](C(C)C)CO2. The van der Waals surface area contributed by atoms with E-state index in [9.17, 15) is 20.0 Å². The summed E-state index contributed by atoms with van der Waals surface area (Å²) in [7, 11) is 1.61. The van der Waals surface area contributed by atoms with Gasteiger partial charge >= 0.3 is 5.97 Å². The Bertz CT molecular complexity index is 1050. The van der Waals surface area contributed by atoms with Gasteiger partial charge in [-0.1, -0.05) is 13.8 Å². The van der Waals surface area contributed by atoms with E-state index in [1.807, 2.05) is 13.8 Å². The minimum atomic E-state index is -1.28. The predicted octanol–water partition coefficient (Wildman–Crippen LogP) is 3.09. The van der Waals surface area contributed by atoms with Gasteiger partial charge in [-0.15, -0.1) is 0 Å². The Balaban J connectivity index is 2.14. The Morgan fingerprint density at radius 1 is 1.37 bits per heavy atom. The van der Waals surface area contributed by atoms with Crippen molar-refractivity contribution in [3.63, 3.8) is 0 Å². The average Bonchev–Trinajstić information content (AvgIpc) is 2.86. The van der Waals surface area contributed by atoms with Crippen LogP contribution >= 0.6 is 0 Å². The Labute approximate surface area is 174 Å². The lowest BCUT2D eigenvalue weighted by atomic mass is 10.0. The van der Waals surface area contributed by atoms with Crippen LogP contribution in [-0.4, -0.2) is 42.6 Å². The molecule has 8 heteroatoms. The first-order valence-electron chi connectivity index (χ1n) is 9.69. The number of hydrogen-bond acceptors (Lipinski definition) is 6. The van der Waals surface area contributed by atoms with Crippen LogP contribution < -0.4 is 14.9 Å². The highest BCUT2D eigenvalue weighted by Gasteiger charge is 2.28. The largest absolute Gasteiger partial charge is 0.492 e. The Morgan fingerprint density at radius 3 is 2.77 bits per heavy atom. The van der Waals surface area contributed by atoms with E-state index in [-0.39, 0.29) is 24.1 Å². The third-order valence-corrected chi connectivity index (χ3v) is 5.08. The van der Waals surface area contributed by atoms with Crippen LogP contribution in [-0.2, 0) is 4.74 Å². The first-order valence-corrected chi connectivity index (χ1v) is 9.69. The molecule has 1 aliphatic rings. The number of rotatable bonds is 7. The van der Waals surface area contributed by atoms with E-state index >= 15 is 0 Å². The van der Waals surface area contributed by atoms with Crippen molar-refractivity contribution >= 4 is 5.97 Å². The Morgan fingerprint density at radius 2 is 2.13 bits per heavy atom. The monoisotopic (exact) mass is 412 g/mol. The molecule has 30 heavy (non-hydrogen) atoms. The molecule has 158 valence electrons. The maximum absolute atomic E-state index is 12.4. The fraction of sp³-hybridized carbons (Fsp3) is 0.409. The summed E-state index contributed by atoms with van der Waals surface area (Å²) in [5, 5.41) is 19.0. The summed E-state index contributed by atoms with van der Waals surface area (Å²) in [6, 6.07) is 6.51. The molecule has 1 N–H and O–H groups in total. The van der Waals surface area contributed by atoms with Crippen LogP contribution in [0.3, 0.4) is 0 Å². The van der Waals surface area contributed by atoms with Crippen LogP contribution in [0.1, 0.15) is 42.2 Å². The van der Waals surface area contributed by atoms with Crippen LogP contribution in [0.4, 0.5) is 0 Å². The van der Waals surface area contributed by atoms with Gasteiger partial charge in [0.1, 0.15) is 29.7 Å². The van der Waals surface area contributed by atoms with Crippen molar-refractivity contribution in [1.29, 1.82) is 5.26 Å². The molecule has 1 atom stereocenters. The minimum absolute atomic E-state index is 0.113. The molecule has 8 nitrogen and oxygen atoms in total. The summed E-state index contributed by atoms with van der Waals surface area (Å²) in [4.78, 5) is 23.9. The standard InChI is InChI=1S/C22H24N2O6/c1-13(2)18-12-30-21-9-20(29-6-4-5-28-3)14(10-23)7-15(21)17-8-19(25)16(22(26)27)11-24(17)18/h7-9,11,13,18H,4-6,12H2,1-3H3,(H,26,27)/t18-/m0/s1. The molecule has 0 fully saturated rings. The number of ether oxygens (including phenoxy) is 3. The fourth-order valence-corrected chi connectivity index (χ4v) is 3.44. The molecule has 2 aromatic rings. The molecule has 0 amide bonds. The lowest BCUT2D eigenvalue weighted by molar-refractivity contribution is 0.0694. The lowest BCUT2D eigenvalue weighted by Crippen LogP contribution is -2.25. The number of nitriles is 1. The molecule has 2 heterocycles. The van der Waals surface area contributed by atoms with Gasteiger partial charge in [-0.05, 0) is 12.0 Å². The molecule has 3 rings (SSSR count). The summed E-state index contributed by atoms with van der Waals surface area (Å²) >= 11 is 0. The van der Waals surface area contributed by atoms with E-state index in [2.05, 4.69) is 6.07 Å². The first-order chi connectivity index (χ1) is 14.4. The second kappa shape index (κ2) is 9.01. The number of carbonyl (C=O) groups is 1. The van der Waals surface area contributed by atoms with Crippen LogP contribution in [0.15, 0.2) is 29.2 Å². The third kappa shape index (κ3) is 4.16. The maximum Gasteiger partial charge on any atom is 0.341 e. The van der Waals surface area contributed by atoms with Gasteiger partial charge < -0.3 is 23.9 Å². The number of hydrogen-bond donors (Lipinski definition) is 1. The summed E-state index contributed by atoms with van der Waals surface area (Å²) in [5.41, 5.74) is 0.472. The van der Waals surface area contributed by atoms with Crippen molar-refractivity contribution < 1.29 is 24.1 Å². The van der Waals surface area contributed by atoms with Crippen molar-refractivity contribution in [3.05, 3.63) is 45.7 Å². The number of aromatic nitrogens is 1. The molecule has 1 aromatic heterocycles. The number of aromatic carboxylic acids is 1. The molecule has 0 radical (unpaired) electrons. The van der Waals surface area contributed by atoms with E-state index in [4.69, 9.17) is 14.2 Å². The van der Waals surface area contributed by atoms with Gasteiger partial charge in [0.05, 0.1) is 23.9 Å². The molecule has 1 aromatic carbocycles. The van der Waals surface area contributed by atoms with Gasteiger partial charge in [0, 0.05) is 44.0 Å². The summed E-state index contributed by atoms with van der Waals surface area (Å²) in [6.07, 6.45) is 2.04. The van der Waals surface area contributed by atoms with Crippen LogP contribution in [0, 0.1) is 17.2 Å². The second-order valence-electron chi connectivity index (χ2n) is 7.42. The van der Waals surface area contributed by atoms with Crippen LogP contribution in [0.2, 0.25) is 0 Å². The van der Waals surface area contributed by atoms with E-state index in [0.29, 0.717) is 48.0 Å². The third-order valence-electron chi connectivity index (χ3n) is 5.08. The molecule has 1 aliphatic heterocycles. The first kappa shape index (κ1) is 21.4. The molecule has 0 unspecified atom stereocenters. The van der Waals surface area contributed by atoms with Crippen LogP contribution in [0.25, 0.3) is 11.3 Å². The zero-order chi connectivity index (χ0) is 21.8. The van der Waals surface area contributed by atoms with Gasteiger partial charge in [-0.3, -0.25) is 4.79 Å². The topological polar surface area (TPSA) is 111 Å². The molecule has 0 spiro atoms. The Kier molecular flexibility index (Phi) is 6.43.